The second-order valence-corrected chi connectivity index (χ2v) is 4.50. The quantitative estimate of drug-likeness (QED) is 0.782. The van der Waals surface area contributed by atoms with Crippen molar-refractivity contribution in [2.75, 3.05) is 0 Å². The molecule has 0 saturated carbocycles. The van der Waals surface area contributed by atoms with E-state index in [2.05, 4.69) is 4.37 Å². The highest BCUT2D eigenvalue weighted by Gasteiger charge is 2.30. The predicted octanol–water partition coefficient (Wildman–Crippen LogP) is 4.35. The van der Waals surface area contributed by atoms with E-state index >= 15 is 0 Å². The van der Waals surface area contributed by atoms with Gasteiger partial charge in [-0.2, -0.15) is 22.8 Å². The molecule has 0 aliphatic rings. The molecule has 7 heteroatoms. The summed E-state index contributed by atoms with van der Waals surface area (Å²) >= 11 is 6.68. The van der Waals surface area contributed by atoms with E-state index in [1.54, 1.807) is 0 Å². The van der Waals surface area contributed by atoms with E-state index in [1.165, 1.54) is 12.1 Å². The van der Waals surface area contributed by atoms with Crippen molar-refractivity contribution in [1.29, 1.82) is 5.26 Å². The third-order valence-electron chi connectivity index (χ3n) is 2.24. The Labute approximate surface area is 109 Å². The van der Waals surface area contributed by atoms with Crippen LogP contribution in [0, 0.1) is 11.3 Å². The Bertz CT molecular complexity index is 611. The Hall–Kier alpha value is -1.58. The van der Waals surface area contributed by atoms with E-state index in [0.29, 0.717) is 10.4 Å². The molecule has 2 nitrogen and oxygen atoms in total. The molecule has 0 atom stereocenters. The number of nitrogens with zero attached hydrogens (tertiary/aromatic N) is 2. The van der Waals surface area contributed by atoms with E-state index in [1.807, 2.05) is 6.07 Å². The van der Waals surface area contributed by atoms with Crippen LogP contribution in [0.15, 0.2) is 24.3 Å². The van der Waals surface area contributed by atoms with Gasteiger partial charge in [-0.1, -0.05) is 23.7 Å². The molecule has 2 rings (SSSR count). The summed E-state index contributed by atoms with van der Waals surface area (Å²) in [5.74, 6) is 0. The Morgan fingerprint density at radius 1 is 1.22 bits per heavy atom. The highest BCUT2D eigenvalue weighted by atomic mass is 35.5. The van der Waals surface area contributed by atoms with Crippen molar-refractivity contribution in [2.45, 2.75) is 6.18 Å². The van der Waals surface area contributed by atoms with Crippen LogP contribution in [0.5, 0.6) is 0 Å². The van der Waals surface area contributed by atoms with Crippen LogP contribution in [0.2, 0.25) is 5.15 Å². The molecule has 0 spiro atoms. The maximum Gasteiger partial charge on any atom is 0.416 e. The second-order valence-electron chi connectivity index (χ2n) is 3.36. The molecule has 0 radical (unpaired) electrons. The van der Waals surface area contributed by atoms with E-state index < -0.39 is 11.7 Å². The van der Waals surface area contributed by atoms with Crippen molar-refractivity contribution in [3.8, 4) is 16.5 Å². The van der Waals surface area contributed by atoms with Gasteiger partial charge in [-0.15, -0.1) is 0 Å². The van der Waals surface area contributed by atoms with E-state index in [0.717, 1.165) is 23.7 Å². The van der Waals surface area contributed by atoms with Gasteiger partial charge in [0.05, 0.1) is 10.4 Å². The zero-order chi connectivity index (χ0) is 13.3. The van der Waals surface area contributed by atoms with Crippen molar-refractivity contribution >= 4 is 23.1 Å². The molecule has 92 valence electrons. The van der Waals surface area contributed by atoms with Crippen molar-refractivity contribution in [3.63, 3.8) is 0 Å². The molecule has 0 fully saturated rings. The van der Waals surface area contributed by atoms with Crippen LogP contribution in [-0.2, 0) is 6.18 Å². The number of halogens is 4. The van der Waals surface area contributed by atoms with Crippen LogP contribution in [0.3, 0.4) is 0 Å². The molecule has 0 amide bonds. The molecule has 18 heavy (non-hydrogen) atoms. The maximum atomic E-state index is 12.4. The van der Waals surface area contributed by atoms with Gasteiger partial charge in [0.1, 0.15) is 11.6 Å². The van der Waals surface area contributed by atoms with Crippen LogP contribution in [0.1, 0.15) is 11.1 Å². The summed E-state index contributed by atoms with van der Waals surface area (Å²) in [5, 5.41) is 8.95. The first-order valence-corrected chi connectivity index (χ1v) is 5.81. The number of nitriles is 1. The Balaban J connectivity index is 2.45. The third kappa shape index (κ3) is 2.33. The average molecular weight is 289 g/mol. The first-order valence-electron chi connectivity index (χ1n) is 4.66. The zero-order valence-electron chi connectivity index (χ0n) is 8.62. The first kappa shape index (κ1) is 12.9. The standard InChI is InChI=1S/C11H4ClF3N2S/c12-10-8(5-16)9(18-17-10)6-1-3-7(4-2-6)11(13,14)15/h1-4H. The monoisotopic (exact) mass is 288 g/mol. The Morgan fingerprint density at radius 2 is 1.83 bits per heavy atom. The largest absolute Gasteiger partial charge is 0.416 e. The third-order valence-corrected chi connectivity index (χ3v) is 3.51. The van der Waals surface area contributed by atoms with Crippen molar-refractivity contribution < 1.29 is 13.2 Å². The molecule has 0 aliphatic heterocycles. The fraction of sp³-hybridized carbons (Fsp3) is 0.0909. The summed E-state index contributed by atoms with van der Waals surface area (Å²) in [6.45, 7) is 0. The molecule has 0 aliphatic carbocycles. The van der Waals surface area contributed by atoms with Gasteiger partial charge < -0.3 is 0 Å². The van der Waals surface area contributed by atoms with Crippen LogP contribution in [0.4, 0.5) is 13.2 Å². The molecule has 0 unspecified atom stereocenters. The van der Waals surface area contributed by atoms with Gasteiger partial charge in [-0.05, 0) is 29.2 Å². The zero-order valence-corrected chi connectivity index (χ0v) is 10.2. The van der Waals surface area contributed by atoms with Gasteiger partial charge in [0.25, 0.3) is 0 Å². The molecule has 0 bridgehead atoms. The summed E-state index contributed by atoms with van der Waals surface area (Å²) in [6.07, 6.45) is -4.37. The second kappa shape index (κ2) is 4.59. The minimum atomic E-state index is -4.37. The van der Waals surface area contributed by atoms with Crippen LogP contribution < -0.4 is 0 Å². The fourth-order valence-electron chi connectivity index (χ4n) is 1.38. The van der Waals surface area contributed by atoms with Crippen molar-refractivity contribution in [2.24, 2.45) is 0 Å². The summed E-state index contributed by atoms with van der Waals surface area (Å²) in [7, 11) is 0. The van der Waals surface area contributed by atoms with E-state index in [9.17, 15) is 13.2 Å². The maximum absolute atomic E-state index is 12.4. The fourth-order valence-corrected chi connectivity index (χ4v) is 2.41. The predicted molar refractivity (Wildman–Crippen MR) is 62.3 cm³/mol. The van der Waals surface area contributed by atoms with Gasteiger partial charge in [-0.3, -0.25) is 0 Å². The van der Waals surface area contributed by atoms with Gasteiger partial charge in [-0.25, -0.2) is 0 Å². The van der Waals surface area contributed by atoms with E-state index in [4.69, 9.17) is 16.9 Å². The number of hydrogen-bond donors (Lipinski definition) is 0. The van der Waals surface area contributed by atoms with Gasteiger partial charge in [0.2, 0.25) is 0 Å². The lowest BCUT2D eigenvalue weighted by Crippen LogP contribution is -2.03. The average Bonchev–Trinajstić information content (AvgIpc) is 2.69. The molecule has 0 saturated heterocycles. The Morgan fingerprint density at radius 3 is 2.33 bits per heavy atom. The van der Waals surface area contributed by atoms with Crippen molar-refractivity contribution in [3.05, 3.63) is 40.5 Å². The van der Waals surface area contributed by atoms with Gasteiger partial charge >= 0.3 is 6.18 Å². The number of benzene rings is 1. The van der Waals surface area contributed by atoms with Crippen LogP contribution in [0.25, 0.3) is 10.4 Å². The lowest BCUT2D eigenvalue weighted by atomic mass is 10.1. The number of hydrogen-bond acceptors (Lipinski definition) is 3. The summed E-state index contributed by atoms with van der Waals surface area (Å²) in [4.78, 5) is 0.469. The van der Waals surface area contributed by atoms with Crippen molar-refractivity contribution in [1.82, 2.24) is 4.37 Å². The molecule has 2 aromatic rings. The summed E-state index contributed by atoms with van der Waals surface area (Å²) < 4.78 is 41.0. The van der Waals surface area contributed by atoms with E-state index in [-0.39, 0.29) is 10.7 Å². The topological polar surface area (TPSA) is 36.7 Å². The molecular formula is C11H4ClF3N2S. The first-order chi connectivity index (χ1) is 8.43. The number of rotatable bonds is 1. The van der Waals surface area contributed by atoms with Gasteiger partial charge in [0.15, 0.2) is 5.15 Å². The molecule has 1 heterocycles. The normalized spacial score (nSPS) is 11.3. The molecule has 1 aromatic heterocycles. The smallest absolute Gasteiger partial charge is 0.192 e. The molecule has 1 aromatic carbocycles. The van der Waals surface area contributed by atoms with Crippen LogP contribution in [-0.4, -0.2) is 4.37 Å². The highest BCUT2D eigenvalue weighted by molar-refractivity contribution is 7.10. The highest BCUT2D eigenvalue weighted by Crippen LogP contribution is 2.35. The number of alkyl halides is 3. The minimum absolute atomic E-state index is 0.0670. The molecular weight excluding hydrogens is 285 g/mol. The molecule has 0 N–H and O–H groups in total. The lowest BCUT2D eigenvalue weighted by Gasteiger charge is -2.06. The Kier molecular flexibility index (Phi) is 3.28. The van der Waals surface area contributed by atoms with Gasteiger partial charge in [0, 0.05) is 0 Å². The SMILES string of the molecule is N#Cc1c(Cl)nsc1-c1ccc(C(F)(F)F)cc1. The number of aromatic nitrogens is 1. The summed E-state index contributed by atoms with van der Waals surface area (Å²) in [5.41, 5.74) is -0.0641. The lowest BCUT2D eigenvalue weighted by molar-refractivity contribution is -0.137. The minimum Gasteiger partial charge on any atom is -0.192 e. The summed E-state index contributed by atoms with van der Waals surface area (Å²) in [6, 6.07) is 6.40. The van der Waals surface area contributed by atoms with Crippen LogP contribution >= 0.6 is 23.1 Å².